The van der Waals surface area contributed by atoms with Gasteiger partial charge in [-0.1, -0.05) is 26.0 Å². The van der Waals surface area contributed by atoms with Crippen LogP contribution in [-0.2, 0) is 4.74 Å². The van der Waals surface area contributed by atoms with Gasteiger partial charge in [-0.2, -0.15) is 0 Å². The number of nitrogens with zero attached hydrogens (tertiary/aromatic N) is 1. The zero-order valence-corrected chi connectivity index (χ0v) is 12.9. The molecule has 4 heteroatoms. The molecule has 0 aromatic rings. The fraction of sp³-hybridized carbons (Fsp3) is 0.800. The van der Waals surface area contributed by atoms with Crippen LogP contribution < -0.4 is 5.73 Å². The van der Waals surface area contributed by atoms with Crippen LogP contribution in [0.5, 0.6) is 0 Å². The quantitative estimate of drug-likeness (QED) is 0.783. The molecule has 1 saturated heterocycles. The minimum atomic E-state index is -0.458. The number of carbonyl (C=O) groups is 1. The molecule has 0 aromatic carbocycles. The van der Waals surface area contributed by atoms with Crippen molar-refractivity contribution in [1.82, 2.24) is 4.90 Å². The Bertz CT molecular complexity index is 343. The van der Waals surface area contributed by atoms with Crippen molar-refractivity contribution >= 4 is 6.09 Å². The molecular weight excluding hydrogens is 240 g/mol. The van der Waals surface area contributed by atoms with Gasteiger partial charge < -0.3 is 15.4 Å². The first-order chi connectivity index (χ1) is 8.64. The van der Waals surface area contributed by atoms with Gasteiger partial charge in [0.25, 0.3) is 0 Å². The van der Waals surface area contributed by atoms with Gasteiger partial charge in [0.1, 0.15) is 5.60 Å². The van der Waals surface area contributed by atoms with Crippen molar-refractivity contribution in [2.75, 3.05) is 13.1 Å². The van der Waals surface area contributed by atoms with Crippen LogP contribution in [0.2, 0.25) is 0 Å². The van der Waals surface area contributed by atoms with Gasteiger partial charge in [0.2, 0.25) is 0 Å². The van der Waals surface area contributed by atoms with Gasteiger partial charge in [0, 0.05) is 13.1 Å². The molecule has 4 nitrogen and oxygen atoms in total. The molecular formula is C15H28N2O2. The predicted octanol–water partition coefficient (Wildman–Crippen LogP) is 2.93. The van der Waals surface area contributed by atoms with Crippen LogP contribution in [0, 0.1) is 5.41 Å². The number of nitrogens with two attached hydrogens (primary N) is 1. The van der Waals surface area contributed by atoms with E-state index >= 15 is 0 Å². The number of ether oxygens (including phenoxy) is 1. The van der Waals surface area contributed by atoms with E-state index in [-0.39, 0.29) is 17.6 Å². The summed E-state index contributed by atoms with van der Waals surface area (Å²) in [6.45, 7) is 11.3. The third-order valence-corrected chi connectivity index (χ3v) is 3.24. The Balaban J connectivity index is 2.82. The van der Waals surface area contributed by atoms with Gasteiger partial charge in [-0.05, 0) is 39.0 Å². The monoisotopic (exact) mass is 268 g/mol. The second-order valence-corrected chi connectivity index (χ2v) is 7.04. The lowest BCUT2D eigenvalue weighted by Crippen LogP contribution is -2.50. The number of hydrogen-bond donors (Lipinski definition) is 1. The Morgan fingerprint density at radius 3 is 2.63 bits per heavy atom. The van der Waals surface area contributed by atoms with Crippen molar-refractivity contribution in [3.05, 3.63) is 12.2 Å². The first kappa shape index (κ1) is 16.0. The fourth-order valence-corrected chi connectivity index (χ4v) is 2.31. The lowest BCUT2D eigenvalue weighted by atomic mass is 9.81. The van der Waals surface area contributed by atoms with Gasteiger partial charge in [0.05, 0.1) is 6.04 Å². The standard InChI is InChI=1S/C15H28N2O2/c1-14(2,3)19-13(18)17-11-15(4,5)9-8-12(17)7-6-10-16/h6-7,12H,8-11,16H2,1-5H3/b7-6+. The van der Waals surface area contributed by atoms with Crippen LogP contribution in [-0.4, -0.2) is 35.7 Å². The summed E-state index contributed by atoms with van der Waals surface area (Å²) in [5, 5.41) is 0. The number of rotatable bonds is 2. The van der Waals surface area contributed by atoms with Crippen molar-refractivity contribution in [2.45, 2.75) is 59.1 Å². The molecule has 1 atom stereocenters. The highest BCUT2D eigenvalue weighted by atomic mass is 16.6. The first-order valence-corrected chi connectivity index (χ1v) is 7.01. The lowest BCUT2D eigenvalue weighted by Gasteiger charge is -2.43. The van der Waals surface area contributed by atoms with E-state index in [0.717, 1.165) is 19.4 Å². The van der Waals surface area contributed by atoms with Gasteiger partial charge >= 0.3 is 6.09 Å². The average molecular weight is 268 g/mol. The number of amides is 1. The number of likely N-dealkylation sites (tertiary alicyclic amines) is 1. The predicted molar refractivity (Wildman–Crippen MR) is 77.9 cm³/mol. The molecule has 19 heavy (non-hydrogen) atoms. The van der Waals surface area contributed by atoms with Crippen LogP contribution in [0.25, 0.3) is 0 Å². The van der Waals surface area contributed by atoms with Crippen molar-refractivity contribution in [2.24, 2.45) is 11.1 Å². The number of hydrogen-bond acceptors (Lipinski definition) is 3. The van der Waals surface area contributed by atoms with Crippen molar-refractivity contribution < 1.29 is 9.53 Å². The van der Waals surface area contributed by atoms with E-state index in [9.17, 15) is 4.79 Å². The zero-order chi connectivity index (χ0) is 14.7. The van der Waals surface area contributed by atoms with Crippen LogP contribution >= 0.6 is 0 Å². The fourth-order valence-electron chi connectivity index (χ4n) is 2.31. The molecule has 0 saturated carbocycles. The summed E-state index contributed by atoms with van der Waals surface area (Å²) in [5.74, 6) is 0. The Hall–Kier alpha value is -1.03. The first-order valence-electron chi connectivity index (χ1n) is 7.01. The summed E-state index contributed by atoms with van der Waals surface area (Å²) in [5.41, 5.74) is 5.19. The maximum absolute atomic E-state index is 12.3. The molecule has 110 valence electrons. The van der Waals surface area contributed by atoms with E-state index in [1.807, 2.05) is 37.8 Å². The lowest BCUT2D eigenvalue weighted by molar-refractivity contribution is -0.000406. The van der Waals surface area contributed by atoms with Gasteiger partial charge in [-0.15, -0.1) is 0 Å². The second kappa shape index (κ2) is 5.95. The van der Waals surface area contributed by atoms with Crippen molar-refractivity contribution in [1.29, 1.82) is 0 Å². The van der Waals surface area contributed by atoms with E-state index in [4.69, 9.17) is 10.5 Å². The van der Waals surface area contributed by atoms with E-state index in [2.05, 4.69) is 13.8 Å². The summed E-state index contributed by atoms with van der Waals surface area (Å²) in [4.78, 5) is 14.1. The van der Waals surface area contributed by atoms with Crippen LogP contribution in [0.15, 0.2) is 12.2 Å². The molecule has 0 radical (unpaired) electrons. The maximum Gasteiger partial charge on any atom is 0.410 e. The van der Waals surface area contributed by atoms with E-state index in [0.29, 0.717) is 6.54 Å². The molecule has 0 bridgehead atoms. The molecule has 0 spiro atoms. The van der Waals surface area contributed by atoms with Crippen LogP contribution in [0.4, 0.5) is 4.79 Å². The molecule has 1 rings (SSSR count). The highest BCUT2D eigenvalue weighted by Crippen LogP contribution is 2.33. The van der Waals surface area contributed by atoms with Crippen LogP contribution in [0.3, 0.4) is 0 Å². The molecule has 1 aliphatic heterocycles. The van der Waals surface area contributed by atoms with Gasteiger partial charge in [-0.3, -0.25) is 0 Å². The molecule has 1 fully saturated rings. The Morgan fingerprint density at radius 2 is 2.11 bits per heavy atom. The molecule has 1 unspecified atom stereocenters. The Morgan fingerprint density at radius 1 is 1.47 bits per heavy atom. The second-order valence-electron chi connectivity index (χ2n) is 7.04. The van der Waals surface area contributed by atoms with Crippen molar-refractivity contribution in [3.63, 3.8) is 0 Å². The van der Waals surface area contributed by atoms with E-state index in [1.54, 1.807) is 0 Å². The van der Waals surface area contributed by atoms with Crippen molar-refractivity contribution in [3.8, 4) is 0 Å². The summed E-state index contributed by atoms with van der Waals surface area (Å²) >= 11 is 0. The van der Waals surface area contributed by atoms with E-state index in [1.165, 1.54) is 0 Å². The number of piperidine rings is 1. The minimum absolute atomic E-state index is 0.103. The summed E-state index contributed by atoms with van der Waals surface area (Å²) in [6, 6.07) is 0.103. The number of carbonyl (C=O) groups excluding carboxylic acids is 1. The molecule has 2 N–H and O–H groups in total. The third-order valence-electron chi connectivity index (χ3n) is 3.24. The largest absolute Gasteiger partial charge is 0.444 e. The Kier molecular flexibility index (Phi) is 5.02. The summed E-state index contributed by atoms with van der Waals surface area (Å²) in [6.07, 6.45) is 5.78. The smallest absolute Gasteiger partial charge is 0.410 e. The zero-order valence-electron chi connectivity index (χ0n) is 12.9. The van der Waals surface area contributed by atoms with Gasteiger partial charge in [-0.25, -0.2) is 4.79 Å². The van der Waals surface area contributed by atoms with Gasteiger partial charge in [0.15, 0.2) is 0 Å². The molecule has 0 aromatic heterocycles. The maximum atomic E-state index is 12.3. The minimum Gasteiger partial charge on any atom is -0.444 e. The Labute approximate surface area is 117 Å². The molecule has 1 aliphatic rings. The van der Waals surface area contributed by atoms with E-state index < -0.39 is 5.60 Å². The average Bonchev–Trinajstić information content (AvgIpc) is 2.24. The van der Waals surface area contributed by atoms with Crippen LogP contribution in [0.1, 0.15) is 47.5 Å². The third kappa shape index (κ3) is 5.23. The highest BCUT2D eigenvalue weighted by Gasteiger charge is 2.36. The molecule has 1 heterocycles. The topological polar surface area (TPSA) is 55.6 Å². The highest BCUT2D eigenvalue weighted by molar-refractivity contribution is 5.69. The SMILES string of the molecule is CC1(C)CCC(/C=C/CN)N(C(=O)OC(C)(C)C)C1. The normalized spacial score (nSPS) is 23.7. The molecule has 1 amide bonds. The summed E-state index contributed by atoms with van der Waals surface area (Å²) < 4.78 is 5.50. The molecule has 0 aliphatic carbocycles. The summed E-state index contributed by atoms with van der Waals surface area (Å²) in [7, 11) is 0.